The first-order valence-corrected chi connectivity index (χ1v) is 6.70. The molecule has 0 spiro atoms. The zero-order valence-electron chi connectivity index (χ0n) is 11.4. The molecule has 0 saturated heterocycles. The average Bonchev–Trinajstić information content (AvgIpc) is 2.86. The summed E-state index contributed by atoms with van der Waals surface area (Å²) in [6.07, 6.45) is 0.979. The van der Waals surface area contributed by atoms with Crippen LogP contribution in [0.15, 0.2) is 42.5 Å². The van der Waals surface area contributed by atoms with E-state index in [9.17, 15) is 0 Å². The van der Waals surface area contributed by atoms with Crippen molar-refractivity contribution in [2.24, 2.45) is 5.73 Å². The normalized spacial score (nSPS) is 16.6. The molecule has 3 rings (SSSR count). The van der Waals surface area contributed by atoms with Gasteiger partial charge in [0, 0.05) is 12.0 Å². The Labute approximate surface area is 114 Å². The molecule has 19 heavy (non-hydrogen) atoms. The maximum atomic E-state index is 6.62. The smallest absolute Gasteiger partial charge is 0.128 e. The Morgan fingerprint density at radius 3 is 2.74 bits per heavy atom. The number of nitrogens with two attached hydrogens (primary N) is 1. The van der Waals surface area contributed by atoms with Gasteiger partial charge in [0.1, 0.15) is 5.75 Å². The lowest BCUT2D eigenvalue weighted by atomic mass is 9.83. The molecular weight excluding hydrogens is 234 g/mol. The molecule has 98 valence electrons. The van der Waals surface area contributed by atoms with Crippen molar-refractivity contribution in [1.82, 2.24) is 0 Å². The van der Waals surface area contributed by atoms with Crippen molar-refractivity contribution < 1.29 is 4.74 Å². The fourth-order valence-electron chi connectivity index (χ4n) is 2.75. The highest BCUT2D eigenvalue weighted by Crippen LogP contribution is 2.38. The van der Waals surface area contributed by atoms with Gasteiger partial charge < -0.3 is 10.5 Å². The molecule has 0 bridgehead atoms. The molecule has 2 aromatic carbocycles. The summed E-state index contributed by atoms with van der Waals surface area (Å²) >= 11 is 0. The first-order chi connectivity index (χ1) is 9.09. The summed E-state index contributed by atoms with van der Waals surface area (Å²) in [5, 5.41) is 0. The summed E-state index contributed by atoms with van der Waals surface area (Å²) in [7, 11) is 0. The Morgan fingerprint density at radius 2 is 1.95 bits per heavy atom. The van der Waals surface area contributed by atoms with Crippen LogP contribution >= 0.6 is 0 Å². The second-order valence-electron chi connectivity index (χ2n) is 5.46. The Kier molecular flexibility index (Phi) is 2.83. The number of rotatable bonds is 2. The van der Waals surface area contributed by atoms with Crippen LogP contribution < -0.4 is 10.5 Å². The van der Waals surface area contributed by atoms with Crippen LogP contribution in [0.25, 0.3) is 0 Å². The molecule has 1 heterocycles. The van der Waals surface area contributed by atoms with E-state index < -0.39 is 5.54 Å². The number of benzene rings is 2. The minimum Gasteiger partial charge on any atom is -0.493 e. The van der Waals surface area contributed by atoms with Gasteiger partial charge in [-0.15, -0.1) is 0 Å². The predicted octanol–water partition coefficient (Wildman–Crippen LogP) is 3.15. The van der Waals surface area contributed by atoms with E-state index >= 15 is 0 Å². The van der Waals surface area contributed by atoms with Gasteiger partial charge in [-0.2, -0.15) is 0 Å². The lowest BCUT2D eigenvalue weighted by molar-refractivity contribution is 0.347. The molecule has 1 aliphatic heterocycles. The number of aryl methyl sites for hydroxylation is 1. The standard InChI is InChI=1S/C17H19NO/c1-12-5-3-7-14(11-12)17(2,18)15-8-4-6-13-9-10-19-16(13)15/h3-8,11H,9-10,18H2,1-2H3. The molecule has 0 saturated carbocycles. The zero-order chi connectivity index (χ0) is 13.5. The monoisotopic (exact) mass is 253 g/mol. The van der Waals surface area contributed by atoms with Gasteiger partial charge in [-0.1, -0.05) is 48.0 Å². The molecule has 2 aromatic rings. The van der Waals surface area contributed by atoms with Crippen LogP contribution in [0.4, 0.5) is 0 Å². The Hall–Kier alpha value is -1.80. The highest BCUT2D eigenvalue weighted by atomic mass is 16.5. The van der Waals surface area contributed by atoms with E-state index in [1.807, 2.05) is 0 Å². The maximum Gasteiger partial charge on any atom is 0.128 e. The van der Waals surface area contributed by atoms with Gasteiger partial charge in [0.25, 0.3) is 0 Å². The van der Waals surface area contributed by atoms with E-state index in [4.69, 9.17) is 10.5 Å². The summed E-state index contributed by atoms with van der Waals surface area (Å²) < 4.78 is 5.79. The van der Waals surface area contributed by atoms with Crippen molar-refractivity contribution in [1.29, 1.82) is 0 Å². The molecule has 1 unspecified atom stereocenters. The zero-order valence-corrected chi connectivity index (χ0v) is 11.4. The summed E-state index contributed by atoms with van der Waals surface area (Å²) in [4.78, 5) is 0. The molecule has 2 N–H and O–H groups in total. The average molecular weight is 253 g/mol. The van der Waals surface area contributed by atoms with E-state index in [0.29, 0.717) is 0 Å². The molecule has 0 fully saturated rings. The lowest BCUT2D eigenvalue weighted by Gasteiger charge is -2.28. The van der Waals surface area contributed by atoms with Gasteiger partial charge in [-0.3, -0.25) is 0 Å². The second-order valence-corrected chi connectivity index (χ2v) is 5.46. The van der Waals surface area contributed by atoms with Gasteiger partial charge in [-0.05, 0) is 25.0 Å². The quantitative estimate of drug-likeness (QED) is 0.892. The molecular formula is C17H19NO. The fraction of sp³-hybridized carbons (Fsp3) is 0.294. The minimum absolute atomic E-state index is 0.526. The van der Waals surface area contributed by atoms with E-state index in [1.165, 1.54) is 11.1 Å². The van der Waals surface area contributed by atoms with Crippen LogP contribution in [0.5, 0.6) is 5.75 Å². The summed E-state index contributed by atoms with van der Waals surface area (Å²) in [6, 6.07) is 14.6. The topological polar surface area (TPSA) is 35.2 Å². The molecule has 0 amide bonds. The van der Waals surface area contributed by atoms with Crippen LogP contribution in [0.1, 0.15) is 29.2 Å². The Bertz CT molecular complexity index is 616. The lowest BCUT2D eigenvalue weighted by Crippen LogP contribution is -2.34. The van der Waals surface area contributed by atoms with Gasteiger partial charge in [-0.25, -0.2) is 0 Å². The van der Waals surface area contributed by atoms with Gasteiger partial charge in [0.15, 0.2) is 0 Å². The predicted molar refractivity (Wildman–Crippen MR) is 77.5 cm³/mol. The van der Waals surface area contributed by atoms with E-state index in [1.54, 1.807) is 0 Å². The van der Waals surface area contributed by atoms with Crippen LogP contribution in [-0.2, 0) is 12.0 Å². The van der Waals surface area contributed by atoms with Crippen LogP contribution in [-0.4, -0.2) is 6.61 Å². The van der Waals surface area contributed by atoms with Crippen molar-refractivity contribution in [2.45, 2.75) is 25.8 Å². The number of ether oxygens (including phenoxy) is 1. The van der Waals surface area contributed by atoms with E-state index in [0.717, 1.165) is 29.9 Å². The molecule has 2 heteroatoms. The molecule has 0 aliphatic carbocycles. The first-order valence-electron chi connectivity index (χ1n) is 6.70. The van der Waals surface area contributed by atoms with Crippen molar-refractivity contribution in [2.75, 3.05) is 6.61 Å². The third kappa shape index (κ3) is 2.02. The van der Waals surface area contributed by atoms with Crippen LogP contribution in [0.3, 0.4) is 0 Å². The summed E-state index contributed by atoms with van der Waals surface area (Å²) in [5.41, 5.74) is 10.8. The number of hydrogen-bond donors (Lipinski definition) is 1. The van der Waals surface area contributed by atoms with Crippen molar-refractivity contribution >= 4 is 0 Å². The van der Waals surface area contributed by atoms with Crippen LogP contribution in [0, 0.1) is 6.92 Å². The summed E-state index contributed by atoms with van der Waals surface area (Å²) in [6.45, 7) is 4.90. The third-order valence-electron chi connectivity index (χ3n) is 3.89. The summed E-state index contributed by atoms with van der Waals surface area (Å²) in [5.74, 6) is 0.981. The maximum absolute atomic E-state index is 6.62. The third-order valence-corrected chi connectivity index (χ3v) is 3.89. The SMILES string of the molecule is Cc1cccc(C(C)(N)c2cccc3c2OCC3)c1. The van der Waals surface area contributed by atoms with E-state index in [2.05, 4.69) is 56.3 Å². The van der Waals surface area contributed by atoms with Crippen LogP contribution in [0.2, 0.25) is 0 Å². The van der Waals surface area contributed by atoms with Crippen molar-refractivity contribution in [3.8, 4) is 5.75 Å². The second kappa shape index (κ2) is 4.39. The molecule has 1 aliphatic rings. The number of hydrogen-bond acceptors (Lipinski definition) is 2. The first kappa shape index (κ1) is 12.2. The largest absolute Gasteiger partial charge is 0.493 e. The number of para-hydroxylation sites is 1. The Morgan fingerprint density at radius 1 is 1.16 bits per heavy atom. The van der Waals surface area contributed by atoms with E-state index in [-0.39, 0.29) is 0 Å². The van der Waals surface area contributed by atoms with Gasteiger partial charge >= 0.3 is 0 Å². The Balaban J connectivity index is 2.13. The number of fused-ring (bicyclic) bond motifs is 1. The highest BCUT2D eigenvalue weighted by molar-refractivity contribution is 5.51. The van der Waals surface area contributed by atoms with Crippen molar-refractivity contribution in [3.63, 3.8) is 0 Å². The molecule has 2 nitrogen and oxygen atoms in total. The molecule has 0 aromatic heterocycles. The van der Waals surface area contributed by atoms with Gasteiger partial charge in [0.2, 0.25) is 0 Å². The van der Waals surface area contributed by atoms with Crippen molar-refractivity contribution in [3.05, 3.63) is 64.7 Å². The van der Waals surface area contributed by atoms with Gasteiger partial charge in [0.05, 0.1) is 12.1 Å². The molecule has 0 radical (unpaired) electrons. The molecule has 1 atom stereocenters. The minimum atomic E-state index is -0.526. The highest BCUT2D eigenvalue weighted by Gasteiger charge is 2.30. The fourth-order valence-corrected chi connectivity index (χ4v) is 2.75.